The Kier molecular flexibility index (Phi) is 5.43. The number of nitrogens with one attached hydrogen (secondary N) is 1. The van der Waals surface area contributed by atoms with E-state index >= 15 is 0 Å². The first kappa shape index (κ1) is 17.4. The molecule has 3 rings (SSSR count). The smallest absolute Gasteiger partial charge is 0.341 e. The molecule has 134 valence electrons. The van der Waals surface area contributed by atoms with Crippen LogP contribution in [0.1, 0.15) is 23.1 Å². The molecule has 0 aliphatic carbocycles. The second-order valence-corrected chi connectivity index (χ2v) is 5.22. The second kappa shape index (κ2) is 8.11. The van der Waals surface area contributed by atoms with Crippen LogP contribution in [0, 0.1) is 0 Å². The number of aromatic nitrogens is 3. The minimum atomic E-state index is -0.481. The number of nitrogens with zero attached hydrogens (tertiary/aromatic N) is 3. The minimum Gasteiger partial charge on any atom is -0.488 e. The highest BCUT2D eigenvalue weighted by Gasteiger charge is 2.15. The predicted molar refractivity (Wildman–Crippen MR) is 93.5 cm³/mol. The van der Waals surface area contributed by atoms with E-state index in [9.17, 15) is 4.79 Å². The lowest BCUT2D eigenvalue weighted by Crippen LogP contribution is -2.19. The second-order valence-electron chi connectivity index (χ2n) is 5.22. The quantitative estimate of drug-likeness (QED) is 0.787. The Bertz CT molecular complexity index is 847. The molecule has 1 aliphatic rings. The van der Waals surface area contributed by atoms with Crippen LogP contribution in [0.15, 0.2) is 48.8 Å². The fraction of sp³-hybridized carbons (Fsp3) is 0.222. The van der Waals surface area contributed by atoms with E-state index < -0.39 is 5.97 Å². The fourth-order valence-corrected chi connectivity index (χ4v) is 2.26. The summed E-state index contributed by atoms with van der Waals surface area (Å²) in [5.74, 6) is 1.58. The van der Waals surface area contributed by atoms with E-state index in [2.05, 4.69) is 25.0 Å². The largest absolute Gasteiger partial charge is 0.488 e. The summed E-state index contributed by atoms with van der Waals surface area (Å²) < 4.78 is 16.0. The van der Waals surface area contributed by atoms with Crippen LogP contribution in [0.2, 0.25) is 0 Å². The number of methoxy groups -OCH3 is 1. The SMILES string of the molecule is CCOc1cccnc1OC1=CC(c2ncc(C(=O)OC)cn2)=CNC1. The first-order chi connectivity index (χ1) is 12.7. The third-order valence-electron chi connectivity index (χ3n) is 3.45. The lowest BCUT2D eigenvalue weighted by molar-refractivity contribution is 0.0599. The van der Waals surface area contributed by atoms with Crippen LogP contribution in [0.3, 0.4) is 0 Å². The van der Waals surface area contributed by atoms with Gasteiger partial charge in [0.25, 0.3) is 5.88 Å². The summed E-state index contributed by atoms with van der Waals surface area (Å²) >= 11 is 0. The van der Waals surface area contributed by atoms with E-state index in [4.69, 9.17) is 9.47 Å². The molecule has 0 bridgehead atoms. The molecule has 1 aliphatic heterocycles. The number of carbonyl (C=O) groups is 1. The normalized spacial score (nSPS) is 13.2. The van der Waals surface area contributed by atoms with Gasteiger partial charge in [-0.1, -0.05) is 0 Å². The molecular formula is C18H18N4O4. The molecule has 0 amide bonds. The third kappa shape index (κ3) is 3.97. The molecule has 0 atom stereocenters. The molecule has 0 aromatic carbocycles. The van der Waals surface area contributed by atoms with Crippen molar-refractivity contribution in [3.63, 3.8) is 0 Å². The highest BCUT2D eigenvalue weighted by atomic mass is 16.5. The molecule has 0 saturated heterocycles. The zero-order valence-corrected chi connectivity index (χ0v) is 14.4. The van der Waals surface area contributed by atoms with Crippen molar-refractivity contribution in [2.75, 3.05) is 20.3 Å². The summed E-state index contributed by atoms with van der Waals surface area (Å²) in [6.07, 6.45) is 8.07. The Morgan fingerprint density at radius 2 is 2.08 bits per heavy atom. The van der Waals surface area contributed by atoms with Crippen molar-refractivity contribution in [3.05, 3.63) is 60.1 Å². The van der Waals surface area contributed by atoms with Crippen LogP contribution >= 0.6 is 0 Å². The number of ether oxygens (including phenoxy) is 3. The zero-order valence-electron chi connectivity index (χ0n) is 14.4. The number of rotatable bonds is 6. The summed E-state index contributed by atoms with van der Waals surface area (Å²) in [6.45, 7) is 2.91. The minimum absolute atomic E-state index is 0.288. The van der Waals surface area contributed by atoms with Crippen molar-refractivity contribution >= 4 is 11.5 Å². The molecule has 26 heavy (non-hydrogen) atoms. The van der Waals surface area contributed by atoms with Crippen LogP contribution in [0.5, 0.6) is 11.6 Å². The number of dihydropyridines is 1. The van der Waals surface area contributed by atoms with Crippen molar-refractivity contribution in [1.29, 1.82) is 0 Å². The van der Waals surface area contributed by atoms with E-state index in [-0.39, 0.29) is 5.56 Å². The summed E-state index contributed by atoms with van der Waals surface area (Å²) in [4.78, 5) is 24.1. The Morgan fingerprint density at radius 3 is 2.81 bits per heavy atom. The maximum absolute atomic E-state index is 11.5. The van der Waals surface area contributed by atoms with Gasteiger partial charge in [0.05, 0.1) is 25.8 Å². The summed E-state index contributed by atoms with van der Waals surface area (Å²) in [5, 5.41) is 3.11. The Hall–Kier alpha value is -3.42. The van der Waals surface area contributed by atoms with Gasteiger partial charge in [-0.05, 0) is 25.1 Å². The Morgan fingerprint density at radius 1 is 1.27 bits per heavy atom. The fourth-order valence-electron chi connectivity index (χ4n) is 2.26. The number of pyridine rings is 1. The number of hydrogen-bond donors (Lipinski definition) is 1. The molecule has 8 heteroatoms. The molecule has 2 aromatic heterocycles. The van der Waals surface area contributed by atoms with Crippen LogP contribution < -0.4 is 14.8 Å². The van der Waals surface area contributed by atoms with Gasteiger partial charge in [-0.15, -0.1) is 0 Å². The number of hydrogen-bond acceptors (Lipinski definition) is 8. The molecule has 0 radical (unpaired) electrons. The highest BCUT2D eigenvalue weighted by Crippen LogP contribution is 2.26. The van der Waals surface area contributed by atoms with E-state index in [1.54, 1.807) is 24.5 Å². The first-order valence-corrected chi connectivity index (χ1v) is 8.01. The topological polar surface area (TPSA) is 95.5 Å². The summed E-state index contributed by atoms with van der Waals surface area (Å²) in [7, 11) is 1.31. The van der Waals surface area contributed by atoms with Crippen molar-refractivity contribution < 1.29 is 19.0 Å². The standard InChI is InChI=1S/C18H18N4O4/c1-3-25-15-5-4-6-20-17(15)26-14-7-12(8-19-11-14)16-21-9-13(10-22-16)18(23)24-2/h4-10,19H,3,11H2,1-2H3. The van der Waals surface area contributed by atoms with E-state index in [0.29, 0.717) is 36.4 Å². The van der Waals surface area contributed by atoms with Crippen molar-refractivity contribution in [1.82, 2.24) is 20.3 Å². The molecule has 0 spiro atoms. The number of carbonyl (C=O) groups excluding carboxylic acids is 1. The van der Waals surface area contributed by atoms with Gasteiger partial charge in [0.1, 0.15) is 5.76 Å². The maximum Gasteiger partial charge on any atom is 0.341 e. The summed E-state index contributed by atoms with van der Waals surface area (Å²) in [6, 6.07) is 3.58. The average Bonchev–Trinajstić information content (AvgIpc) is 2.69. The maximum atomic E-state index is 11.5. The van der Waals surface area contributed by atoms with Gasteiger partial charge in [0.15, 0.2) is 11.6 Å². The van der Waals surface area contributed by atoms with Gasteiger partial charge in [0, 0.05) is 30.4 Å². The number of allylic oxidation sites excluding steroid dienone is 2. The molecule has 2 aromatic rings. The lowest BCUT2D eigenvalue weighted by atomic mass is 10.2. The van der Waals surface area contributed by atoms with Crippen molar-refractivity contribution in [2.24, 2.45) is 0 Å². The van der Waals surface area contributed by atoms with E-state index in [0.717, 1.165) is 5.57 Å². The zero-order chi connectivity index (χ0) is 18.4. The lowest BCUT2D eigenvalue weighted by Gasteiger charge is -2.16. The van der Waals surface area contributed by atoms with Crippen LogP contribution in [-0.4, -0.2) is 41.2 Å². The van der Waals surface area contributed by atoms with E-state index in [1.807, 2.05) is 13.0 Å². The molecule has 0 saturated carbocycles. The Balaban J connectivity index is 1.78. The molecule has 1 N–H and O–H groups in total. The average molecular weight is 354 g/mol. The van der Waals surface area contributed by atoms with Crippen LogP contribution in [0.25, 0.3) is 5.57 Å². The monoisotopic (exact) mass is 354 g/mol. The molecule has 0 fully saturated rings. The van der Waals surface area contributed by atoms with Crippen molar-refractivity contribution in [2.45, 2.75) is 6.92 Å². The van der Waals surface area contributed by atoms with Crippen LogP contribution in [0.4, 0.5) is 0 Å². The van der Waals surface area contributed by atoms with Gasteiger partial charge < -0.3 is 19.5 Å². The molecule has 3 heterocycles. The molecule has 8 nitrogen and oxygen atoms in total. The molecular weight excluding hydrogens is 336 g/mol. The molecule has 0 unspecified atom stereocenters. The van der Waals surface area contributed by atoms with Crippen LogP contribution in [-0.2, 0) is 4.74 Å². The van der Waals surface area contributed by atoms with Gasteiger partial charge in [-0.3, -0.25) is 0 Å². The number of esters is 1. The van der Waals surface area contributed by atoms with Gasteiger partial charge in [0.2, 0.25) is 0 Å². The summed E-state index contributed by atoms with van der Waals surface area (Å²) in [5.41, 5.74) is 1.01. The van der Waals surface area contributed by atoms with Gasteiger partial charge in [-0.25, -0.2) is 19.7 Å². The Labute approximate surface area is 150 Å². The highest BCUT2D eigenvalue weighted by molar-refractivity contribution is 5.88. The van der Waals surface area contributed by atoms with E-state index in [1.165, 1.54) is 19.5 Å². The van der Waals surface area contributed by atoms with Gasteiger partial charge in [-0.2, -0.15) is 0 Å². The van der Waals surface area contributed by atoms with Gasteiger partial charge >= 0.3 is 5.97 Å². The van der Waals surface area contributed by atoms with Crippen molar-refractivity contribution in [3.8, 4) is 11.6 Å². The first-order valence-electron chi connectivity index (χ1n) is 8.01. The third-order valence-corrected chi connectivity index (χ3v) is 3.45. The predicted octanol–water partition coefficient (Wildman–Crippen LogP) is 1.96.